The van der Waals surface area contributed by atoms with Crippen LogP contribution in [0.3, 0.4) is 0 Å². The van der Waals surface area contributed by atoms with Gasteiger partial charge in [0.25, 0.3) is 5.19 Å². The molecule has 0 spiro atoms. The van der Waals surface area contributed by atoms with Gasteiger partial charge in [-0.05, 0) is 18.8 Å². The van der Waals surface area contributed by atoms with E-state index in [0.717, 1.165) is 21.7 Å². The van der Waals surface area contributed by atoms with Crippen molar-refractivity contribution >= 4 is 11.3 Å². The van der Waals surface area contributed by atoms with Crippen molar-refractivity contribution in [3.8, 4) is 15.8 Å². The van der Waals surface area contributed by atoms with E-state index in [1.807, 2.05) is 18.2 Å². The summed E-state index contributed by atoms with van der Waals surface area (Å²) in [4.78, 5) is 2.63. The fourth-order valence-electron chi connectivity index (χ4n) is 4.63. The largest absolute Gasteiger partial charge is 0.465 e. The van der Waals surface area contributed by atoms with Crippen molar-refractivity contribution < 1.29 is 4.74 Å². The van der Waals surface area contributed by atoms with E-state index in [2.05, 4.69) is 27.2 Å². The van der Waals surface area contributed by atoms with Gasteiger partial charge in [-0.1, -0.05) is 46.8 Å². The molecule has 1 unspecified atom stereocenters. The first-order valence-electron chi connectivity index (χ1n) is 8.13. The Hall–Kier alpha value is -1.46. The van der Waals surface area contributed by atoms with Crippen LogP contribution in [0.4, 0.5) is 0 Å². The molecule has 1 aliphatic carbocycles. The molecule has 0 N–H and O–H groups in total. The number of nitrogens with zero attached hydrogens (tertiary/aromatic N) is 3. The zero-order valence-electron chi connectivity index (χ0n) is 12.4. The number of benzene rings is 1. The van der Waals surface area contributed by atoms with Crippen molar-refractivity contribution in [1.29, 1.82) is 0 Å². The van der Waals surface area contributed by atoms with Gasteiger partial charge in [0.15, 0.2) is 5.01 Å². The lowest BCUT2D eigenvalue weighted by atomic mass is 9.66. The molecule has 114 valence electrons. The Morgan fingerprint density at radius 1 is 1.00 bits per heavy atom. The summed E-state index contributed by atoms with van der Waals surface area (Å²) >= 11 is 1.57. The van der Waals surface area contributed by atoms with Gasteiger partial charge in [0.1, 0.15) is 6.10 Å². The Kier molecular flexibility index (Phi) is 2.98. The highest BCUT2D eigenvalue weighted by molar-refractivity contribution is 7.16. The van der Waals surface area contributed by atoms with Gasteiger partial charge in [-0.25, -0.2) is 0 Å². The SMILES string of the molecule is c1ccc(-c2nnc(O[C@H]3[C@@H]4C[C@H]5C[C@H]3CN(C5)C4)s2)cc1. The van der Waals surface area contributed by atoms with Gasteiger partial charge in [0, 0.05) is 37.0 Å². The van der Waals surface area contributed by atoms with Crippen LogP contribution < -0.4 is 4.74 Å². The van der Waals surface area contributed by atoms with Crippen LogP contribution in [0, 0.1) is 17.8 Å². The van der Waals surface area contributed by atoms with Gasteiger partial charge in [0.05, 0.1) is 0 Å². The summed E-state index contributed by atoms with van der Waals surface area (Å²) in [6, 6.07) is 10.2. The van der Waals surface area contributed by atoms with Crippen molar-refractivity contribution in [2.45, 2.75) is 18.9 Å². The molecule has 0 amide bonds. The number of ether oxygens (including phenoxy) is 1. The summed E-state index contributed by atoms with van der Waals surface area (Å²) < 4.78 is 6.31. The van der Waals surface area contributed by atoms with E-state index in [-0.39, 0.29) is 0 Å². The average Bonchev–Trinajstić information content (AvgIpc) is 3.00. The predicted octanol–water partition coefficient (Wildman–Crippen LogP) is 2.92. The number of hydrogen-bond acceptors (Lipinski definition) is 5. The van der Waals surface area contributed by atoms with E-state index < -0.39 is 0 Å². The summed E-state index contributed by atoms with van der Waals surface area (Å²) in [6.45, 7) is 3.74. The third-order valence-corrected chi connectivity index (χ3v) is 6.23. The predicted molar refractivity (Wildman–Crippen MR) is 85.9 cm³/mol. The lowest BCUT2D eigenvalue weighted by Crippen LogP contribution is -2.61. The van der Waals surface area contributed by atoms with Crippen molar-refractivity contribution in [3.05, 3.63) is 30.3 Å². The van der Waals surface area contributed by atoms with Crippen molar-refractivity contribution in [1.82, 2.24) is 15.1 Å². The molecule has 2 aromatic rings. The van der Waals surface area contributed by atoms with E-state index in [1.54, 1.807) is 11.3 Å². The molecule has 3 aliphatic heterocycles. The Morgan fingerprint density at radius 2 is 1.77 bits per heavy atom. The molecule has 4 heterocycles. The van der Waals surface area contributed by atoms with Gasteiger partial charge < -0.3 is 9.64 Å². The number of aromatic nitrogens is 2. The number of piperidine rings is 3. The van der Waals surface area contributed by atoms with E-state index >= 15 is 0 Å². The number of rotatable bonds is 3. The van der Waals surface area contributed by atoms with Gasteiger partial charge in [-0.3, -0.25) is 0 Å². The van der Waals surface area contributed by atoms with Crippen LogP contribution in [0.15, 0.2) is 30.3 Å². The monoisotopic (exact) mass is 313 g/mol. The third-order valence-electron chi connectivity index (χ3n) is 5.37. The first kappa shape index (κ1) is 13.0. The van der Waals surface area contributed by atoms with Crippen LogP contribution in [-0.4, -0.2) is 40.8 Å². The summed E-state index contributed by atoms with van der Waals surface area (Å²) in [5, 5.41) is 10.3. The highest BCUT2D eigenvalue weighted by Gasteiger charge is 2.49. The molecule has 6 rings (SSSR count). The smallest absolute Gasteiger partial charge is 0.294 e. The maximum absolute atomic E-state index is 6.31. The van der Waals surface area contributed by atoms with Crippen LogP contribution in [0.25, 0.3) is 10.6 Å². The molecule has 1 aromatic carbocycles. The quantitative estimate of drug-likeness (QED) is 0.873. The zero-order valence-corrected chi connectivity index (χ0v) is 13.2. The Morgan fingerprint density at radius 3 is 2.50 bits per heavy atom. The summed E-state index contributed by atoms with van der Waals surface area (Å²) in [5.41, 5.74) is 1.12. The minimum absolute atomic E-state index is 0.351. The second-order valence-corrected chi connectivity index (χ2v) is 7.84. The molecular weight excluding hydrogens is 294 g/mol. The Balaban J connectivity index is 1.35. The van der Waals surface area contributed by atoms with E-state index in [4.69, 9.17) is 4.74 Å². The summed E-state index contributed by atoms with van der Waals surface area (Å²) in [5.74, 6) is 2.29. The fourth-order valence-corrected chi connectivity index (χ4v) is 5.37. The summed E-state index contributed by atoms with van der Waals surface area (Å²) in [7, 11) is 0. The lowest BCUT2D eigenvalue weighted by Gasteiger charge is -2.54. The molecule has 1 aromatic heterocycles. The molecular formula is C17H19N3OS. The highest BCUT2D eigenvalue weighted by Crippen LogP contribution is 2.45. The van der Waals surface area contributed by atoms with Crippen LogP contribution in [-0.2, 0) is 0 Å². The van der Waals surface area contributed by atoms with Crippen LogP contribution >= 0.6 is 11.3 Å². The third kappa shape index (κ3) is 2.15. The normalized spacial score (nSPS) is 35.7. The molecule has 5 atom stereocenters. The van der Waals surface area contributed by atoms with Crippen LogP contribution in [0.2, 0.25) is 0 Å². The second kappa shape index (κ2) is 5.03. The average molecular weight is 313 g/mol. The van der Waals surface area contributed by atoms with E-state index in [9.17, 15) is 0 Å². The van der Waals surface area contributed by atoms with Crippen LogP contribution in [0.1, 0.15) is 12.8 Å². The minimum atomic E-state index is 0.351. The van der Waals surface area contributed by atoms with Crippen LogP contribution in [0.5, 0.6) is 5.19 Å². The topological polar surface area (TPSA) is 38.3 Å². The molecule has 4 aliphatic rings. The van der Waals surface area contributed by atoms with Crippen molar-refractivity contribution in [2.24, 2.45) is 17.8 Å². The lowest BCUT2D eigenvalue weighted by molar-refractivity contribution is -0.0986. The summed E-state index contributed by atoms with van der Waals surface area (Å²) in [6.07, 6.45) is 3.02. The van der Waals surface area contributed by atoms with E-state index in [0.29, 0.717) is 17.9 Å². The number of hydrogen-bond donors (Lipinski definition) is 0. The highest BCUT2D eigenvalue weighted by atomic mass is 32.1. The van der Waals surface area contributed by atoms with Gasteiger partial charge in [-0.2, -0.15) is 0 Å². The molecule has 5 heteroatoms. The van der Waals surface area contributed by atoms with Crippen molar-refractivity contribution in [3.63, 3.8) is 0 Å². The zero-order chi connectivity index (χ0) is 14.5. The maximum Gasteiger partial charge on any atom is 0.294 e. The molecule has 4 bridgehead atoms. The molecule has 3 saturated heterocycles. The second-order valence-electron chi connectivity index (χ2n) is 6.90. The maximum atomic E-state index is 6.31. The first-order chi connectivity index (χ1) is 10.8. The standard InChI is InChI=1S/C17H19N3OS/c1-2-4-12(5-3-1)16-18-19-17(22-16)21-15-13-6-11-7-14(15)10-20(8-11)9-13/h1-5,11,13-15H,6-10H2/t11-,13+,14-,15-. The fraction of sp³-hybridized carbons (Fsp3) is 0.529. The molecule has 22 heavy (non-hydrogen) atoms. The molecule has 0 radical (unpaired) electrons. The van der Waals surface area contributed by atoms with Gasteiger partial charge in [0.2, 0.25) is 0 Å². The first-order valence-corrected chi connectivity index (χ1v) is 8.95. The van der Waals surface area contributed by atoms with Gasteiger partial charge >= 0.3 is 0 Å². The van der Waals surface area contributed by atoms with Crippen molar-refractivity contribution in [2.75, 3.05) is 19.6 Å². The molecule has 1 saturated carbocycles. The Labute approximate surface area is 134 Å². The Bertz CT molecular complexity index is 644. The van der Waals surface area contributed by atoms with E-state index in [1.165, 1.54) is 32.5 Å². The molecule has 4 nitrogen and oxygen atoms in total. The molecule has 4 fully saturated rings. The van der Waals surface area contributed by atoms with Gasteiger partial charge in [-0.15, -0.1) is 5.10 Å². The minimum Gasteiger partial charge on any atom is -0.465 e.